The number of hydrogen-bond donors (Lipinski definition) is 2. The van der Waals surface area contributed by atoms with Crippen LogP contribution in [0.15, 0.2) is 36.4 Å². The molecule has 0 saturated heterocycles. The van der Waals surface area contributed by atoms with Crippen LogP contribution in [0.3, 0.4) is 0 Å². The number of benzene rings is 1. The summed E-state index contributed by atoms with van der Waals surface area (Å²) < 4.78 is 11.7. The van der Waals surface area contributed by atoms with Gasteiger partial charge in [-0.15, -0.1) is 11.3 Å². The molecule has 3 aromatic rings. The molecule has 1 aliphatic carbocycles. The van der Waals surface area contributed by atoms with Gasteiger partial charge in [0.1, 0.15) is 22.7 Å². The molecular weight excluding hydrogens is 436 g/mol. The second-order valence-electron chi connectivity index (χ2n) is 8.71. The first-order chi connectivity index (χ1) is 14.7. The zero-order valence-corrected chi connectivity index (χ0v) is 19.2. The summed E-state index contributed by atoms with van der Waals surface area (Å²) in [6, 6.07) is 11.6. The van der Waals surface area contributed by atoms with E-state index in [1.54, 1.807) is 0 Å². The van der Waals surface area contributed by atoms with E-state index in [1.165, 1.54) is 16.9 Å². The highest BCUT2D eigenvalue weighted by Gasteiger charge is 2.34. The molecule has 0 fully saturated rings. The summed E-state index contributed by atoms with van der Waals surface area (Å²) in [5, 5.41) is 4.06. The third-order valence-electron chi connectivity index (χ3n) is 5.16. The lowest BCUT2D eigenvalue weighted by atomic mass is 9.99. The van der Waals surface area contributed by atoms with E-state index in [1.807, 2.05) is 45.0 Å². The number of esters is 1. The molecule has 1 unspecified atom stereocenters. The fourth-order valence-corrected chi connectivity index (χ4v) is 5.06. The lowest BCUT2D eigenvalue weighted by molar-refractivity contribution is -0.160. The van der Waals surface area contributed by atoms with Crippen molar-refractivity contribution in [2.75, 3.05) is 13.2 Å². The third-order valence-corrected chi connectivity index (χ3v) is 6.35. The van der Waals surface area contributed by atoms with Gasteiger partial charge in [0, 0.05) is 17.3 Å². The van der Waals surface area contributed by atoms with Gasteiger partial charge in [0.25, 0.3) is 5.91 Å². The highest BCUT2D eigenvalue weighted by molar-refractivity contribution is 7.22. The van der Waals surface area contributed by atoms with Gasteiger partial charge in [-0.2, -0.15) is 0 Å². The summed E-state index contributed by atoms with van der Waals surface area (Å²) in [6.45, 7) is 5.66. The van der Waals surface area contributed by atoms with E-state index in [0.29, 0.717) is 23.1 Å². The van der Waals surface area contributed by atoms with Crippen LogP contribution >= 0.6 is 22.9 Å². The molecular formula is C23H25ClN2O4S. The lowest BCUT2D eigenvalue weighted by Gasteiger charge is -2.23. The average molecular weight is 461 g/mol. The number of thiophene rings is 1. The predicted molar refractivity (Wildman–Crippen MR) is 122 cm³/mol. The van der Waals surface area contributed by atoms with Gasteiger partial charge in [0.05, 0.1) is 10.9 Å². The molecule has 1 aromatic carbocycles. The van der Waals surface area contributed by atoms with Crippen molar-refractivity contribution in [3.8, 4) is 0 Å². The molecule has 2 atom stereocenters. The fourth-order valence-electron chi connectivity index (χ4n) is 3.94. The number of amides is 1. The molecule has 2 heterocycles. The van der Waals surface area contributed by atoms with E-state index in [9.17, 15) is 9.59 Å². The summed E-state index contributed by atoms with van der Waals surface area (Å²) in [5.74, 6) is -0.618. The molecule has 6 nitrogen and oxygen atoms in total. The Labute approximate surface area is 189 Å². The predicted octanol–water partition coefficient (Wildman–Crippen LogP) is 4.68. The molecule has 31 heavy (non-hydrogen) atoms. The number of rotatable bonds is 6. The second kappa shape index (κ2) is 8.65. The minimum Gasteiger partial charge on any atom is -0.458 e. The van der Waals surface area contributed by atoms with Crippen LogP contribution in [0.4, 0.5) is 0 Å². The zero-order chi connectivity index (χ0) is 22.2. The Bertz CT molecular complexity index is 1080. The number of fused-ring (bicyclic) bond motifs is 2. The van der Waals surface area contributed by atoms with Gasteiger partial charge < -0.3 is 19.8 Å². The number of H-pyrrole nitrogens is 1. The van der Waals surface area contributed by atoms with Gasteiger partial charge in [-0.25, -0.2) is 4.79 Å². The van der Waals surface area contributed by atoms with Crippen LogP contribution < -0.4 is 5.32 Å². The zero-order valence-electron chi connectivity index (χ0n) is 17.7. The van der Waals surface area contributed by atoms with Crippen molar-refractivity contribution in [3.05, 3.63) is 57.6 Å². The van der Waals surface area contributed by atoms with Crippen LogP contribution in [0.2, 0.25) is 4.34 Å². The highest BCUT2D eigenvalue weighted by Crippen LogP contribution is 2.34. The molecule has 2 N–H and O–H groups in total. The van der Waals surface area contributed by atoms with Crippen molar-refractivity contribution in [2.45, 2.75) is 44.8 Å². The molecule has 0 radical (unpaired) electrons. The summed E-state index contributed by atoms with van der Waals surface area (Å²) in [4.78, 5) is 28.9. The third kappa shape index (κ3) is 5.11. The molecule has 0 saturated carbocycles. The normalized spacial score (nSPS) is 18.2. The number of halogens is 1. The average Bonchev–Trinajstić information content (AvgIpc) is 3.31. The Kier molecular flexibility index (Phi) is 6.10. The van der Waals surface area contributed by atoms with Crippen molar-refractivity contribution in [1.82, 2.24) is 10.3 Å². The Morgan fingerprint density at radius 1 is 1.26 bits per heavy atom. The van der Waals surface area contributed by atoms with E-state index >= 15 is 0 Å². The van der Waals surface area contributed by atoms with E-state index in [-0.39, 0.29) is 24.5 Å². The first-order valence-electron chi connectivity index (χ1n) is 10.2. The van der Waals surface area contributed by atoms with Crippen LogP contribution in [-0.4, -0.2) is 41.7 Å². The van der Waals surface area contributed by atoms with Gasteiger partial charge in [-0.1, -0.05) is 35.9 Å². The van der Waals surface area contributed by atoms with Crippen molar-refractivity contribution < 1.29 is 19.1 Å². The van der Waals surface area contributed by atoms with Gasteiger partial charge in [0.2, 0.25) is 0 Å². The van der Waals surface area contributed by atoms with E-state index < -0.39 is 11.6 Å². The SMILES string of the molecule is CC(C)(C)OC(=O)COC[C@@H]1c2ccccc2CC1NC(=O)c1cc2cc(Cl)sc2[nH]1. The van der Waals surface area contributed by atoms with E-state index in [0.717, 1.165) is 15.8 Å². The van der Waals surface area contributed by atoms with Crippen LogP contribution in [0.1, 0.15) is 48.3 Å². The number of hydrogen-bond acceptors (Lipinski definition) is 5. The first kappa shape index (κ1) is 21.9. The highest BCUT2D eigenvalue weighted by atomic mass is 35.5. The maximum Gasteiger partial charge on any atom is 0.332 e. The molecule has 4 rings (SSSR count). The molecule has 1 aliphatic rings. The number of aromatic nitrogens is 1. The Morgan fingerprint density at radius 3 is 2.77 bits per heavy atom. The Hall–Kier alpha value is -2.35. The second-order valence-corrected chi connectivity index (χ2v) is 10.4. The Balaban J connectivity index is 1.43. The quantitative estimate of drug-likeness (QED) is 0.523. The van der Waals surface area contributed by atoms with Crippen LogP contribution in [0.5, 0.6) is 0 Å². The summed E-state index contributed by atoms with van der Waals surface area (Å²) in [5.41, 5.74) is 2.27. The number of nitrogens with one attached hydrogen (secondary N) is 2. The molecule has 0 spiro atoms. The minimum atomic E-state index is -0.551. The molecule has 0 aliphatic heterocycles. The monoisotopic (exact) mass is 460 g/mol. The van der Waals surface area contributed by atoms with Crippen LogP contribution in [-0.2, 0) is 20.7 Å². The fraction of sp³-hybridized carbons (Fsp3) is 0.391. The number of ether oxygens (including phenoxy) is 2. The van der Waals surface area contributed by atoms with Crippen molar-refractivity contribution in [1.29, 1.82) is 0 Å². The van der Waals surface area contributed by atoms with Gasteiger partial charge in [-0.05, 0) is 50.5 Å². The molecule has 1 amide bonds. The number of carbonyl (C=O) groups excluding carboxylic acids is 2. The molecule has 0 bridgehead atoms. The van der Waals surface area contributed by atoms with Crippen LogP contribution in [0.25, 0.3) is 10.2 Å². The smallest absolute Gasteiger partial charge is 0.332 e. The van der Waals surface area contributed by atoms with Gasteiger partial charge in [-0.3, -0.25) is 4.79 Å². The molecule has 164 valence electrons. The summed E-state index contributed by atoms with van der Waals surface area (Å²) in [7, 11) is 0. The van der Waals surface area contributed by atoms with E-state index in [4.69, 9.17) is 21.1 Å². The standard InChI is InChI=1S/C23H25ClN2O4S/c1-23(2,3)30-20(27)12-29-11-16-15-7-5-4-6-13(15)8-17(16)25-21(28)18-9-14-10-19(24)31-22(14)26-18/h4-7,9-10,16-17,26H,8,11-12H2,1-3H3,(H,25,28)/t16-,17?/m1/s1. The minimum absolute atomic E-state index is 0.0480. The number of carbonyl (C=O) groups is 2. The van der Waals surface area contributed by atoms with E-state index in [2.05, 4.69) is 22.4 Å². The van der Waals surface area contributed by atoms with Crippen molar-refractivity contribution in [2.24, 2.45) is 0 Å². The Morgan fingerprint density at radius 2 is 2.03 bits per heavy atom. The van der Waals surface area contributed by atoms with Gasteiger partial charge >= 0.3 is 5.97 Å². The first-order valence-corrected chi connectivity index (χ1v) is 11.4. The summed E-state index contributed by atoms with van der Waals surface area (Å²) in [6.07, 6.45) is 0.712. The molecule has 2 aromatic heterocycles. The lowest BCUT2D eigenvalue weighted by Crippen LogP contribution is -2.39. The maximum absolute atomic E-state index is 12.9. The van der Waals surface area contributed by atoms with Crippen molar-refractivity contribution >= 4 is 45.0 Å². The molecule has 8 heteroatoms. The summed E-state index contributed by atoms with van der Waals surface area (Å²) >= 11 is 7.43. The van der Waals surface area contributed by atoms with Crippen LogP contribution in [0, 0.1) is 0 Å². The van der Waals surface area contributed by atoms with Crippen molar-refractivity contribution in [3.63, 3.8) is 0 Å². The van der Waals surface area contributed by atoms with Gasteiger partial charge in [0.15, 0.2) is 0 Å². The number of aromatic amines is 1. The topological polar surface area (TPSA) is 80.4 Å². The maximum atomic E-state index is 12.9. The largest absolute Gasteiger partial charge is 0.458 e.